The average Bonchev–Trinajstić information content (AvgIpc) is 3.38. The molecule has 196 valence electrons. The third-order valence-electron chi connectivity index (χ3n) is 5.49. The van der Waals surface area contributed by atoms with Gasteiger partial charge in [0, 0.05) is 16.8 Å². The van der Waals surface area contributed by atoms with E-state index in [2.05, 4.69) is 27.6 Å². The van der Waals surface area contributed by atoms with Crippen molar-refractivity contribution in [2.45, 2.75) is 5.16 Å². The van der Waals surface area contributed by atoms with Crippen LogP contribution in [-0.4, -0.2) is 52.9 Å². The van der Waals surface area contributed by atoms with Crippen molar-refractivity contribution >= 4 is 23.4 Å². The second-order valence-corrected chi connectivity index (χ2v) is 8.79. The number of carbonyl (C=O) groups excluding carboxylic acids is 1. The minimum atomic E-state index is -0.316. The molecular formula is C27H27N5O5S. The van der Waals surface area contributed by atoms with E-state index in [-0.39, 0.29) is 17.4 Å². The molecule has 0 saturated carbocycles. The highest BCUT2D eigenvalue weighted by Gasteiger charge is 2.21. The van der Waals surface area contributed by atoms with Crippen LogP contribution in [0.2, 0.25) is 0 Å². The van der Waals surface area contributed by atoms with Gasteiger partial charge in [-0.25, -0.2) is 0 Å². The summed E-state index contributed by atoms with van der Waals surface area (Å²) >= 11 is 1.21. The van der Waals surface area contributed by atoms with Gasteiger partial charge < -0.3 is 19.3 Å². The highest BCUT2D eigenvalue weighted by Crippen LogP contribution is 2.41. The molecule has 0 saturated heterocycles. The molecule has 0 fully saturated rings. The Morgan fingerprint density at radius 2 is 1.61 bits per heavy atom. The molecule has 1 aromatic heterocycles. The lowest BCUT2D eigenvalue weighted by molar-refractivity contribution is -0.119. The molecule has 4 rings (SSSR count). The molecule has 0 spiro atoms. The molecule has 4 aromatic rings. The number of hydrogen-bond acceptors (Lipinski definition) is 9. The fraction of sp³-hybridized carbons (Fsp3) is 0.148. The Morgan fingerprint density at radius 1 is 0.947 bits per heavy atom. The van der Waals surface area contributed by atoms with Gasteiger partial charge in [-0.2, -0.15) is 0 Å². The van der Waals surface area contributed by atoms with Crippen LogP contribution in [0.4, 0.5) is 0 Å². The van der Waals surface area contributed by atoms with Crippen LogP contribution in [0, 0.1) is 0 Å². The van der Waals surface area contributed by atoms with Crippen molar-refractivity contribution in [1.29, 1.82) is 0 Å². The van der Waals surface area contributed by atoms with Crippen LogP contribution < -0.4 is 25.1 Å². The summed E-state index contributed by atoms with van der Waals surface area (Å²) in [6, 6.07) is 19.9. The van der Waals surface area contributed by atoms with Gasteiger partial charge >= 0.3 is 0 Å². The van der Waals surface area contributed by atoms with E-state index < -0.39 is 0 Å². The summed E-state index contributed by atoms with van der Waals surface area (Å²) in [7, 11) is 4.63. The van der Waals surface area contributed by atoms with Gasteiger partial charge in [0.2, 0.25) is 11.7 Å². The monoisotopic (exact) mass is 533 g/mol. The van der Waals surface area contributed by atoms with E-state index in [1.807, 2.05) is 34.9 Å². The Morgan fingerprint density at radius 3 is 2.24 bits per heavy atom. The highest BCUT2D eigenvalue weighted by atomic mass is 32.2. The van der Waals surface area contributed by atoms with E-state index in [1.54, 1.807) is 57.7 Å². The Labute approximate surface area is 224 Å². The van der Waals surface area contributed by atoms with Gasteiger partial charge in [-0.1, -0.05) is 48.7 Å². The summed E-state index contributed by atoms with van der Waals surface area (Å²) in [5.41, 5.74) is 7.68. The summed E-state index contributed by atoms with van der Waals surface area (Å²) in [4.78, 5) is 12.6. The number of aromatic nitrogens is 3. The molecule has 11 heteroatoms. The van der Waals surface area contributed by atoms with Crippen LogP contribution in [-0.2, 0) is 4.79 Å². The van der Waals surface area contributed by atoms with Crippen LogP contribution in [0.15, 0.2) is 78.5 Å². The zero-order chi connectivity index (χ0) is 27.1. The lowest BCUT2D eigenvalue weighted by Gasteiger charge is -2.15. The zero-order valence-electron chi connectivity index (χ0n) is 21.1. The summed E-state index contributed by atoms with van der Waals surface area (Å²) in [5, 5.41) is 19.3. The number of phenolic OH excluding ortho intramolecular Hbond substituents is 1. The zero-order valence-corrected chi connectivity index (χ0v) is 21.9. The minimum absolute atomic E-state index is 0.0429. The molecule has 1 amide bonds. The number of hydrazine groups is 1. The first-order valence-corrected chi connectivity index (χ1v) is 12.4. The molecular weight excluding hydrogens is 506 g/mol. The quantitative estimate of drug-likeness (QED) is 0.194. The van der Waals surface area contributed by atoms with E-state index in [0.29, 0.717) is 45.1 Å². The van der Waals surface area contributed by atoms with Crippen LogP contribution >= 0.6 is 11.8 Å². The number of carbonyl (C=O) groups is 1. The fourth-order valence-corrected chi connectivity index (χ4v) is 4.43. The predicted octanol–water partition coefficient (Wildman–Crippen LogP) is 4.05. The van der Waals surface area contributed by atoms with Crippen LogP contribution in [0.3, 0.4) is 0 Å². The van der Waals surface area contributed by atoms with Crippen LogP contribution in [0.5, 0.6) is 23.0 Å². The number of methoxy groups -OCH3 is 3. The molecule has 0 aliphatic heterocycles. The first-order valence-electron chi connectivity index (χ1n) is 11.4. The number of rotatable bonds is 11. The molecule has 3 N–H and O–H groups in total. The molecule has 0 radical (unpaired) electrons. The Bertz CT molecular complexity index is 1420. The number of ether oxygens (including phenoxy) is 3. The van der Waals surface area contributed by atoms with Gasteiger partial charge in [0.1, 0.15) is 5.75 Å². The van der Waals surface area contributed by atoms with Crippen molar-refractivity contribution in [3.8, 4) is 40.1 Å². The first-order chi connectivity index (χ1) is 18.5. The van der Waals surface area contributed by atoms with Gasteiger partial charge in [0.15, 0.2) is 22.5 Å². The highest BCUT2D eigenvalue weighted by molar-refractivity contribution is 7.99. The predicted molar refractivity (Wildman–Crippen MR) is 146 cm³/mol. The van der Waals surface area contributed by atoms with Crippen LogP contribution in [0.1, 0.15) is 5.56 Å². The van der Waals surface area contributed by atoms with E-state index in [9.17, 15) is 9.90 Å². The maximum atomic E-state index is 12.6. The summed E-state index contributed by atoms with van der Waals surface area (Å²) in [6.07, 6.45) is 0. The third-order valence-corrected chi connectivity index (χ3v) is 6.41. The number of benzene rings is 3. The van der Waals surface area contributed by atoms with Crippen molar-refractivity contribution in [1.82, 2.24) is 25.6 Å². The summed E-state index contributed by atoms with van der Waals surface area (Å²) < 4.78 is 18.3. The molecule has 0 bridgehead atoms. The summed E-state index contributed by atoms with van der Waals surface area (Å²) in [5.74, 6) is 1.74. The van der Waals surface area contributed by atoms with E-state index >= 15 is 0 Å². The van der Waals surface area contributed by atoms with Gasteiger partial charge in [0.05, 0.1) is 32.8 Å². The number of nitrogens with zero attached hydrogens (tertiary/aromatic N) is 3. The van der Waals surface area contributed by atoms with Crippen molar-refractivity contribution < 1.29 is 24.1 Å². The van der Waals surface area contributed by atoms with E-state index in [4.69, 9.17) is 14.2 Å². The Kier molecular flexibility index (Phi) is 8.39. The van der Waals surface area contributed by atoms with Crippen molar-refractivity contribution in [2.24, 2.45) is 0 Å². The maximum absolute atomic E-state index is 12.6. The number of nitrogens with one attached hydrogen (secondary N) is 2. The molecule has 10 nitrogen and oxygen atoms in total. The molecule has 0 aliphatic rings. The smallest absolute Gasteiger partial charge is 0.248 e. The molecule has 1 heterocycles. The van der Waals surface area contributed by atoms with E-state index in [0.717, 1.165) is 5.69 Å². The number of phenols is 1. The summed E-state index contributed by atoms with van der Waals surface area (Å²) in [6.45, 7) is 3.86. The van der Waals surface area contributed by atoms with Crippen LogP contribution in [0.25, 0.3) is 22.8 Å². The second-order valence-electron chi connectivity index (χ2n) is 7.85. The Hall–Kier alpha value is -4.64. The second kappa shape index (κ2) is 12.1. The fourth-order valence-electron chi connectivity index (χ4n) is 3.68. The largest absolute Gasteiger partial charge is 0.507 e. The number of amides is 1. The first kappa shape index (κ1) is 26.4. The normalized spacial score (nSPS) is 10.5. The topological polar surface area (TPSA) is 120 Å². The number of para-hydroxylation sites is 2. The molecule has 38 heavy (non-hydrogen) atoms. The van der Waals surface area contributed by atoms with Gasteiger partial charge in [0.25, 0.3) is 0 Å². The standard InChI is InChI=1S/C27H27N5O5S/c1-17(20-12-8-9-13-21(20)33)28-29-24(34)16-38-27-31-30-26(32(27)19-10-6-5-7-11-19)18-14-22(35-2)25(37-4)23(15-18)36-3/h5-15,28,33H,1,16H2,2-4H3,(H,29,34). The Balaban J connectivity index is 1.57. The van der Waals surface area contributed by atoms with Crippen molar-refractivity contribution in [2.75, 3.05) is 27.1 Å². The molecule has 0 aliphatic carbocycles. The third kappa shape index (κ3) is 5.68. The average molecular weight is 534 g/mol. The molecule has 3 aromatic carbocycles. The van der Waals surface area contributed by atoms with Gasteiger partial charge in [-0.15, -0.1) is 10.2 Å². The lowest BCUT2D eigenvalue weighted by Crippen LogP contribution is -2.37. The maximum Gasteiger partial charge on any atom is 0.248 e. The number of aromatic hydroxyl groups is 1. The number of thioether (sulfide) groups is 1. The van der Waals surface area contributed by atoms with Gasteiger partial charge in [-0.05, 0) is 36.4 Å². The minimum Gasteiger partial charge on any atom is -0.507 e. The molecule has 0 atom stereocenters. The van der Waals surface area contributed by atoms with Crippen molar-refractivity contribution in [3.63, 3.8) is 0 Å². The number of hydrogen-bond donors (Lipinski definition) is 3. The lowest BCUT2D eigenvalue weighted by atomic mass is 10.1. The van der Waals surface area contributed by atoms with E-state index in [1.165, 1.54) is 11.8 Å². The van der Waals surface area contributed by atoms with Gasteiger partial charge in [-0.3, -0.25) is 20.2 Å². The van der Waals surface area contributed by atoms with Crippen molar-refractivity contribution in [3.05, 3.63) is 78.9 Å². The SMILES string of the molecule is C=C(NNC(=O)CSc1nnc(-c2cc(OC)c(OC)c(OC)c2)n1-c1ccccc1)c1ccccc1O. The molecule has 0 unspecified atom stereocenters.